The minimum atomic E-state index is -0.312. The summed E-state index contributed by atoms with van der Waals surface area (Å²) in [5, 5.41) is 0. The number of rotatable bonds is 5. The maximum atomic E-state index is 11.4. The van der Waals surface area contributed by atoms with Crippen molar-refractivity contribution in [1.82, 2.24) is 15.2 Å². The van der Waals surface area contributed by atoms with Gasteiger partial charge in [-0.2, -0.15) is 0 Å². The summed E-state index contributed by atoms with van der Waals surface area (Å²) < 4.78 is 5.73. The molecule has 1 heterocycles. The van der Waals surface area contributed by atoms with Gasteiger partial charge in [0, 0.05) is 37.8 Å². The Kier molecular flexibility index (Phi) is 5.55. The number of nitrogen functional groups attached to an aromatic ring is 1. The normalized spacial score (nSPS) is 20.2. The van der Waals surface area contributed by atoms with Gasteiger partial charge in [-0.05, 0) is 32.2 Å². The third kappa shape index (κ3) is 4.42. The van der Waals surface area contributed by atoms with Crippen LogP contribution in [0.25, 0.3) is 0 Å². The molecule has 1 aliphatic rings. The largest absolute Gasteiger partial charge is 0.492 e. The molecular weight excluding hydrogens is 268 g/mol. The Balaban J connectivity index is 1.80. The Hall–Kier alpha value is -1.63. The van der Waals surface area contributed by atoms with Gasteiger partial charge in [0.15, 0.2) is 0 Å². The molecule has 0 bridgehead atoms. The van der Waals surface area contributed by atoms with Crippen molar-refractivity contribution in [3.05, 3.63) is 29.8 Å². The highest BCUT2D eigenvalue weighted by atomic mass is 16.5. The predicted octanol–water partition coefficient (Wildman–Crippen LogP) is 0.305. The lowest BCUT2D eigenvalue weighted by molar-refractivity contribution is 0.0924. The molecule has 0 aromatic heterocycles. The van der Waals surface area contributed by atoms with E-state index in [1.165, 1.54) is 0 Å². The minimum absolute atomic E-state index is 0.312. The zero-order valence-corrected chi connectivity index (χ0v) is 12.7. The average molecular weight is 292 g/mol. The summed E-state index contributed by atoms with van der Waals surface area (Å²) in [7, 11) is 2.16. The lowest BCUT2D eigenvalue weighted by atomic mass is 10.2. The number of benzene rings is 1. The van der Waals surface area contributed by atoms with Crippen molar-refractivity contribution in [3.63, 3.8) is 0 Å². The van der Waals surface area contributed by atoms with Gasteiger partial charge in [-0.15, -0.1) is 0 Å². The summed E-state index contributed by atoms with van der Waals surface area (Å²) in [5.41, 5.74) is 2.62. The van der Waals surface area contributed by atoms with Gasteiger partial charge in [0.05, 0.1) is 0 Å². The molecule has 6 heteroatoms. The zero-order chi connectivity index (χ0) is 15.2. The van der Waals surface area contributed by atoms with Gasteiger partial charge in [-0.3, -0.25) is 15.1 Å². The zero-order valence-electron chi connectivity index (χ0n) is 12.7. The molecule has 6 nitrogen and oxygen atoms in total. The van der Waals surface area contributed by atoms with Crippen molar-refractivity contribution in [3.8, 4) is 5.75 Å². The minimum Gasteiger partial charge on any atom is -0.492 e. The third-order valence-corrected chi connectivity index (χ3v) is 3.95. The Morgan fingerprint density at radius 3 is 3.00 bits per heavy atom. The van der Waals surface area contributed by atoms with Crippen LogP contribution in [0.4, 0.5) is 0 Å². The first kappa shape index (κ1) is 15.8. The van der Waals surface area contributed by atoms with Crippen molar-refractivity contribution in [2.75, 3.05) is 39.8 Å². The van der Waals surface area contributed by atoms with Crippen LogP contribution in [0.3, 0.4) is 0 Å². The molecule has 2 rings (SSSR count). The predicted molar refractivity (Wildman–Crippen MR) is 82.1 cm³/mol. The molecule has 1 unspecified atom stereocenters. The first-order chi connectivity index (χ1) is 10.1. The molecule has 1 aromatic rings. The van der Waals surface area contributed by atoms with E-state index in [1.54, 1.807) is 18.2 Å². The van der Waals surface area contributed by atoms with Crippen molar-refractivity contribution < 1.29 is 9.53 Å². The number of nitrogens with two attached hydrogens (primary N) is 1. The molecule has 1 aromatic carbocycles. The molecule has 21 heavy (non-hydrogen) atoms. The fourth-order valence-corrected chi connectivity index (χ4v) is 2.43. The summed E-state index contributed by atoms with van der Waals surface area (Å²) in [4.78, 5) is 16.2. The van der Waals surface area contributed by atoms with E-state index in [0.29, 0.717) is 24.0 Å². The van der Waals surface area contributed by atoms with E-state index < -0.39 is 0 Å². The third-order valence-electron chi connectivity index (χ3n) is 3.95. The number of amides is 1. The molecule has 3 N–H and O–H groups in total. The fourth-order valence-electron chi connectivity index (χ4n) is 2.43. The number of hydrazine groups is 1. The van der Waals surface area contributed by atoms with E-state index >= 15 is 0 Å². The molecule has 116 valence electrons. The second kappa shape index (κ2) is 7.40. The van der Waals surface area contributed by atoms with Crippen LogP contribution in [0.15, 0.2) is 24.3 Å². The van der Waals surface area contributed by atoms with Crippen molar-refractivity contribution in [2.24, 2.45) is 5.84 Å². The topological polar surface area (TPSA) is 70.8 Å². The molecule has 1 aliphatic heterocycles. The maximum Gasteiger partial charge on any atom is 0.265 e. The lowest BCUT2D eigenvalue weighted by Crippen LogP contribution is -2.50. The Morgan fingerprint density at radius 1 is 1.48 bits per heavy atom. The van der Waals surface area contributed by atoms with Crippen LogP contribution in [0.1, 0.15) is 17.3 Å². The van der Waals surface area contributed by atoms with Crippen LogP contribution in [-0.2, 0) is 0 Å². The van der Waals surface area contributed by atoms with E-state index in [1.807, 2.05) is 6.07 Å². The van der Waals surface area contributed by atoms with Gasteiger partial charge in [0.1, 0.15) is 12.4 Å². The smallest absolute Gasteiger partial charge is 0.265 e. The SMILES string of the molecule is CC1CN(CCOc2cccc(C(=O)NN)c2)CCN1C. The van der Waals surface area contributed by atoms with Gasteiger partial charge in [-0.1, -0.05) is 6.07 Å². The quantitative estimate of drug-likeness (QED) is 0.464. The number of piperazine rings is 1. The van der Waals surface area contributed by atoms with E-state index in [9.17, 15) is 4.79 Å². The molecule has 0 spiro atoms. The van der Waals surface area contributed by atoms with E-state index in [-0.39, 0.29) is 5.91 Å². The van der Waals surface area contributed by atoms with Gasteiger partial charge in [0.25, 0.3) is 5.91 Å². The highest BCUT2D eigenvalue weighted by molar-refractivity contribution is 5.94. The fraction of sp³-hybridized carbons (Fsp3) is 0.533. The number of ether oxygens (including phenoxy) is 1. The highest BCUT2D eigenvalue weighted by Gasteiger charge is 2.20. The van der Waals surface area contributed by atoms with Crippen LogP contribution < -0.4 is 16.0 Å². The van der Waals surface area contributed by atoms with Crippen LogP contribution in [-0.4, -0.2) is 61.6 Å². The molecule has 0 radical (unpaired) electrons. The van der Waals surface area contributed by atoms with Gasteiger partial charge in [-0.25, -0.2) is 5.84 Å². The Labute approximate surface area is 125 Å². The number of nitrogens with one attached hydrogen (secondary N) is 1. The maximum absolute atomic E-state index is 11.4. The first-order valence-corrected chi connectivity index (χ1v) is 7.26. The van der Waals surface area contributed by atoms with Crippen molar-refractivity contribution >= 4 is 5.91 Å². The molecular formula is C15H24N4O2. The number of hydrogen-bond acceptors (Lipinski definition) is 5. The van der Waals surface area contributed by atoms with Gasteiger partial charge < -0.3 is 9.64 Å². The second-order valence-corrected chi connectivity index (χ2v) is 5.48. The Bertz CT molecular complexity index is 480. The van der Waals surface area contributed by atoms with E-state index in [0.717, 1.165) is 26.2 Å². The highest BCUT2D eigenvalue weighted by Crippen LogP contribution is 2.13. The molecule has 1 fully saturated rings. The van der Waals surface area contributed by atoms with Crippen molar-refractivity contribution in [2.45, 2.75) is 13.0 Å². The summed E-state index contributed by atoms with van der Waals surface area (Å²) >= 11 is 0. The molecule has 0 aliphatic carbocycles. The number of likely N-dealkylation sites (N-methyl/N-ethyl adjacent to an activating group) is 1. The van der Waals surface area contributed by atoms with E-state index in [2.05, 4.69) is 29.2 Å². The summed E-state index contributed by atoms with van der Waals surface area (Å²) in [6.07, 6.45) is 0. The second-order valence-electron chi connectivity index (χ2n) is 5.48. The average Bonchev–Trinajstić information content (AvgIpc) is 2.50. The summed E-state index contributed by atoms with van der Waals surface area (Å²) in [6.45, 7) is 6.97. The number of hydrogen-bond donors (Lipinski definition) is 2. The van der Waals surface area contributed by atoms with Gasteiger partial charge in [0.2, 0.25) is 0 Å². The lowest BCUT2D eigenvalue weighted by Gasteiger charge is -2.37. The van der Waals surface area contributed by atoms with E-state index in [4.69, 9.17) is 10.6 Å². The first-order valence-electron chi connectivity index (χ1n) is 7.26. The number of carbonyl (C=O) groups excluding carboxylic acids is 1. The monoisotopic (exact) mass is 292 g/mol. The van der Waals surface area contributed by atoms with Crippen LogP contribution in [0, 0.1) is 0 Å². The summed E-state index contributed by atoms with van der Waals surface area (Å²) in [5.74, 6) is 5.51. The number of carbonyl (C=O) groups is 1. The molecule has 1 atom stereocenters. The molecule has 1 amide bonds. The van der Waals surface area contributed by atoms with Crippen LogP contribution >= 0.6 is 0 Å². The Morgan fingerprint density at radius 2 is 2.29 bits per heavy atom. The van der Waals surface area contributed by atoms with Crippen LogP contribution in [0.2, 0.25) is 0 Å². The van der Waals surface area contributed by atoms with Crippen molar-refractivity contribution in [1.29, 1.82) is 0 Å². The summed E-state index contributed by atoms with van der Waals surface area (Å²) in [6, 6.07) is 7.62. The molecule has 1 saturated heterocycles. The number of nitrogens with zero attached hydrogens (tertiary/aromatic N) is 2. The molecule has 0 saturated carbocycles. The van der Waals surface area contributed by atoms with Gasteiger partial charge >= 0.3 is 0 Å². The standard InChI is InChI=1S/C15H24N4O2/c1-12-11-19(7-6-18(12)2)8-9-21-14-5-3-4-13(10-14)15(20)17-16/h3-5,10,12H,6-9,11,16H2,1-2H3,(H,17,20). The van der Waals surface area contributed by atoms with Crippen LogP contribution in [0.5, 0.6) is 5.75 Å².